The molecule has 6 nitrogen and oxygen atoms in total. The maximum atomic E-state index is 11.8. The highest BCUT2D eigenvalue weighted by molar-refractivity contribution is 14.0. The van der Waals surface area contributed by atoms with Gasteiger partial charge in [-0.1, -0.05) is 19.1 Å². The van der Waals surface area contributed by atoms with E-state index in [0.717, 1.165) is 25.3 Å². The van der Waals surface area contributed by atoms with Crippen LogP contribution in [-0.4, -0.2) is 43.0 Å². The van der Waals surface area contributed by atoms with Gasteiger partial charge in [0.15, 0.2) is 5.96 Å². The number of benzene rings is 1. The Morgan fingerprint density at radius 2 is 2.00 bits per heavy atom. The molecule has 150 valence electrons. The standard InChI is InChI=1S/C20H31N5O.HI/c1-5-15(3)25-19(26)9-11-23-20(21-4)22-10-8-16-13-24-18-12-14(2)6-7-17(16)18;/h6-7,12-13,15,24H,5,8-11H2,1-4H3,(H,25,26)(H2,21,22,23);1H. The lowest BCUT2D eigenvalue weighted by Gasteiger charge is -2.13. The van der Waals surface area contributed by atoms with Crippen molar-refractivity contribution >= 4 is 46.7 Å². The van der Waals surface area contributed by atoms with Crippen LogP contribution in [0.4, 0.5) is 0 Å². The van der Waals surface area contributed by atoms with Gasteiger partial charge in [0, 0.05) is 49.7 Å². The highest BCUT2D eigenvalue weighted by Crippen LogP contribution is 2.19. The summed E-state index contributed by atoms with van der Waals surface area (Å²) in [5.74, 6) is 0.786. The molecule has 1 aromatic heterocycles. The number of carbonyl (C=O) groups excluding carboxylic acids is 1. The number of hydrogen-bond donors (Lipinski definition) is 4. The molecule has 1 atom stereocenters. The van der Waals surface area contributed by atoms with Crippen LogP contribution in [0.3, 0.4) is 0 Å². The molecule has 0 aliphatic heterocycles. The van der Waals surface area contributed by atoms with Crippen LogP contribution in [0.2, 0.25) is 0 Å². The Balaban J connectivity index is 0.00000364. The molecule has 0 aliphatic carbocycles. The third-order valence-corrected chi connectivity index (χ3v) is 4.50. The maximum absolute atomic E-state index is 11.8. The molecule has 1 amide bonds. The van der Waals surface area contributed by atoms with Crippen molar-refractivity contribution in [3.63, 3.8) is 0 Å². The number of nitrogens with one attached hydrogen (secondary N) is 4. The van der Waals surface area contributed by atoms with Crippen molar-refractivity contribution in [1.29, 1.82) is 0 Å². The minimum absolute atomic E-state index is 0. The summed E-state index contributed by atoms with van der Waals surface area (Å²) in [5.41, 5.74) is 3.72. The lowest BCUT2D eigenvalue weighted by molar-refractivity contribution is -0.121. The molecule has 0 bridgehead atoms. The summed E-state index contributed by atoms with van der Waals surface area (Å²) in [5, 5.41) is 10.7. The topological polar surface area (TPSA) is 81.3 Å². The van der Waals surface area contributed by atoms with Crippen molar-refractivity contribution < 1.29 is 4.79 Å². The third-order valence-electron chi connectivity index (χ3n) is 4.50. The van der Waals surface area contributed by atoms with Crippen molar-refractivity contribution in [2.24, 2.45) is 4.99 Å². The number of guanidine groups is 1. The fourth-order valence-corrected chi connectivity index (χ4v) is 2.79. The zero-order valence-corrected chi connectivity index (χ0v) is 19.0. The fraction of sp³-hybridized carbons (Fsp3) is 0.500. The first kappa shape index (κ1) is 23.3. The molecule has 1 heterocycles. The van der Waals surface area contributed by atoms with Crippen molar-refractivity contribution in [3.05, 3.63) is 35.5 Å². The molecule has 0 fully saturated rings. The van der Waals surface area contributed by atoms with E-state index in [1.165, 1.54) is 22.0 Å². The quantitative estimate of drug-likeness (QED) is 0.264. The molecule has 0 spiro atoms. The van der Waals surface area contributed by atoms with E-state index in [2.05, 4.69) is 64.2 Å². The number of aromatic nitrogens is 1. The van der Waals surface area contributed by atoms with E-state index < -0.39 is 0 Å². The van der Waals surface area contributed by atoms with Crippen molar-refractivity contribution in [1.82, 2.24) is 20.9 Å². The van der Waals surface area contributed by atoms with Crippen LogP contribution in [0.15, 0.2) is 29.4 Å². The summed E-state index contributed by atoms with van der Waals surface area (Å²) >= 11 is 0. The lowest BCUT2D eigenvalue weighted by atomic mass is 10.1. The summed E-state index contributed by atoms with van der Waals surface area (Å²) < 4.78 is 0. The van der Waals surface area contributed by atoms with Crippen LogP contribution in [0.1, 0.15) is 37.8 Å². The molecule has 27 heavy (non-hydrogen) atoms. The van der Waals surface area contributed by atoms with Crippen molar-refractivity contribution in [2.75, 3.05) is 20.1 Å². The second kappa shape index (κ2) is 11.8. The first-order valence-electron chi connectivity index (χ1n) is 9.34. The number of nitrogens with zero attached hydrogens (tertiary/aromatic N) is 1. The Labute approximate surface area is 179 Å². The van der Waals surface area contributed by atoms with E-state index in [0.29, 0.717) is 13.0 Å². The van der Waals surface area contributed by atoms with Gasteiger partial charge in [0.25, 0.3) is 0 Å². The Bertz CT molecular complexity index is 756. The molecule has 0 aliphatic rings. The van der Waals surface area contributed by atoms with Crippen LogP contribution in [-0.2, 0) is 11.2 Å². The second-order valence-corrected chi connectivity index (χ2v) is 6.67. The average Bonchev–Trinajstić information content (AvgIpc) is 3.02. The smallest absolute Gasteiger partial charge is 0.221 e. The van der Waals surface area contributed by atoms with E-state index in [-0.39, 0.29) is 35.9 Å². The first-order valence-corrected chi connectivity index (χ1v) is 9.34. The summed E-state index contributed by atoms with van der Waals surface area (Å²) in [6.07, 6.45) is 4.35. The minimum Gasteiger partial charge on any atom is -0.361 e. The number of aliphatic imine (C=N–C) groups is 1. The molecule has 7 heteroatoms. The van der Waals surface area contributed by atoms with Gasteiger partial charge < -0.3 is 20.9 Å². The molecule has 0 radical (unpaired) electrons. The van der Waals surface area contributed by atoms with E-state index in [1.807, 2.05) is 6.92 Å². The molecule has 0 saturated carbocycles. The minimum atomic E-state index is 0. The average molecular weight is 485 g/mol. The summed E-state index contributed by atoms with van der Waals surface area (Å²) in [6, 6.07) is 6.69. The van der Waals surface area contributed by atoms with Crippen LogP contribution >= 0.6 is 24.0 Å². The SMILES string of the molecule is CCC(C)NC(=O)CCNC(=NC)NCCc1c[nH]c2cc(C)ccc12.I. The van der Waals surface area contributed by atoms with Gasteiger partial charge in [-0.15, -0.1) is 24.0 Å². The predicted octanol–water partition coefficient (Wildman–Crippen LogP) is 3.11. The number of aromatic amines is 1. The number of fused-ring (bicyclic) bond motifs is 1. The van der Waals surface area contributed by atoms with Gasteiger partial charge in [0.1, 0.15) is 0 Å². The van der Waals surface area contributed by atoms with E-state index in [4.69, 9.17) is 0 Å². The van der Waals surface area contributed by atoms with Gasteiger partial charge in [0.05, 0.1) is 0 Å². The molecule has 2 rings (SSSR count). The zero-order chi connectivity index (χ0) is 18.9. The van der Waals surface area contributed by atoms with Gasteiger partial charge in [-0.3, -0.25) is 9.79 Å². The normalized spacial score (nSPS) is 12.4. The van der Waals surface area contributed by atoms with Gasteiger partial charge in [-0.25, -0.2) is 0 Å². The lowest BCUT2D eigenvalue weighted by Crippen LogP contribution is -2.40. The third kappa shape index (κ3) is 7.40. The summed E-state index contributed by atoms with van der Waals surface area (Å²) in [6.45, 7) is 7.51. The van der Waals surface area contributed by atoms with Gasteiger partial charge in [-0.2, -0.15) is 0 Å². The first-order chi connectivity index (χ1) is 12.5. The van der Waals surface area contributed by atoms with E-state index in [1.54, 1.807) is 7.05 Å². The number of H-pyrrole nitrogens is 1. The number of rotatable bonds is 8. The largest absolute Gasteiger partial charge is 0.361 e. The predicted molar refractivity (Wildman–Crippen MR) is 124 cm³/mol. The fourth-order valence-electron chi connectivity index (χ4n) is 2.79. The number of aryl methyl sites for hydroxylation is 1. The van der Waals surface area contributed by atoms with Gasteiger partial charge in [0.2, 0.25) is 5.91 Å². The van der Waals surface area contributed by atoms with Crippen LogP contribution in [0.25, 0.3) is 10.9 Å². The number of carbonyl (C=O) groups is 1. The van der Waals surface area contributed by atoms with Gasteiger partial charge in [-0.05, 0) is 43.9 Å². The van der Waals surface area contributed by atoms with Crippen LogP contribution in [0.5, 0.6) is 0 Å². The molecule has 1 unspecified atom stereocenters. The van der Waals surface area contributed by atoms with Crippen molar-refractivity contribution in [2.45, 2.75) is 46.1 Å². The van der Waals surface area contributed by atoms with Crippen molar-refractivity contribution in [3.8, 4) is 0 Å². The van der Waals surface area contributed by atoms with Crippen LogP contribution in [0, 0.1) is 6.92 Å². The monoisotopic (exact) mass is 485 g/mol. The summed E-state index contributed by atoms with van der Waals surface area (Å²) in [7, 11) is 1.74. The van der Waals surface area contributed by atoms with Crippen LogP contribution < -0.4 is 16.0 Å². The van der Waals surface area contributed by atoms with E-state index in [9.17, 15) is 4.79 Å². The molecule has 2 aromatic rings. The highest BCUT2D eigenvalue weighted by Gasteiger charge is 2.07. The molecule has 4 N–H and O–H groups in total. The molecular weight excluding hydrogens is 453 g/mol. The molecule has 0 saturated heterocycles. The second-order valence-electron chi connectivity index (χ2n) is 6.67. The Morgan fingerprint density at radius 3 is 2.70 bits per heavy atom. The molecular formula is C20H32IN5O. The Kier molecular flexibility index (Phi) is 10.2. The zero-order valence-electron chi connectivity index (χ0n) is 16.7. The number of amides is 1. The number of hydrogen-bond acceptors (Lipinski definition) is 2. The van der Waals surface area contributed by atoms with E-state index >= 15 is 0 Å². The van der Waals surface area contributed by atoms with Gasteiger partial charge >= 0.3 is 0 Å². The molecule has 1 aromatic carbocycles. The Morgan fingerprint density at radius 1 is 1.26 bits per heavy atom. The Hall–Kier alpha value is -1.77. The maximum Gasteiger partial charge on any atom is 0.221 e. The number of halogens is 1. The highest BCUT2D eigenvalue weighted by atomic mass is 127. The summed E-state index contributed by atoms with van der Waals surface area (Å²) in [4.78, 5) is 19.3.